The first-order chi connectivity index (χ1) is 34.3. The van der Waals surface area contributed by atoms with E-state index in [0.717, 1.165) is 22.1 Å². The molecule has 3 aliphatic heterocycles. The number of piperidine rings is 1. The molecule has 2 aromatic carbocycles. The quantitative estimate of drug-likeness (QED) is 0.0934. The molecule has 0 spiro atoms. The first kappa shape index (κ1) is 58.3. The third-order valence-electron chi connectivity index (χ3n) is 16.8. The lowest BCUT2D eigenvalue weighted by molar-refractivity contribution is -0.302. The lowest BCUT2D eigenvalue weighted by Gasteiger charge is -2.47. The number of esters is 1. The fourth-order valence-corrected chi connectivity index (χ4v) is 12.2. The fourth-order valence-electron chi connectivity index (χ4n) is 11.2. The van der Waals surface area contributed by atoms with Crippen molar-refractivity contribution in [3.05, 3.63) is 59.7 Å². The van der Waals surface area contributed by atoms with Crippen molar-refractivity contribution in [2.75, 3.05) is 20.8 Å². The van der Waals surface area contributed by atoms with Gasteiger partial charge in [0.2, 0.25) is 14.1 Å². The molecule has 1 saturated carbocycles. The molecule has 0 aromatic heterocycles. The standard InChI is InChI=1S/C58H87NO13Si/c1-14-40-26-34(2)25-35(3)27-50(67-10)53-51(68-11)29-37(5)58(66,71-53)54(63)55(64)59-24-16-15-17-45(59)56(65)70-52(38(6)47(61)33-48(40)62)36(4)28-39-18-23-46(60)49(30-39)69-43-21-19-42-32-44(22-20-41(42)31-43)72-73(12,13)57(7,8)9/h19-22,26,28,31-32,35,37-40,45-47,49-53,60-61,66H,14-18,23-25,27,29-30,33H2,1-13H3. The summed E-state index contributed by atoms with van der Waals surface area (Å²) in [5.41, 5.74) is 1.62. The molecule has 14 atom stereocenters. The summed E-state index contributed by atoms with van der Waals surface area (Å²) in [6.45, 7) is 22.4. The number of rotatable bonds is 9. The van der Waals surface area contributed by atoms with E-state index in [1.807, 2.05) is 63.3 Å². The Bertz CT molecular complexity index is 2320. The van der Waals surface area contributed by atoms with Crippen molar-refractivity contribution in [1.82, 2.24) is 4.90 Å². The van der Waals surface area contributed by atoms with Crippen LogP contribution in [0.1, 0.15) is 133 Å². The molecular formula is C58H87NO13Si. The van der Waals surface area contributed by atoms with E-state index in [0.29, 0.717) is 62.7 Å². The van der Waals surface area contributed by atoms with E-state index in [9.17, 15) is 34.5 Å². The van der Waals surface area contributed by atoms with Crippen molar-refractivity contribution < 1.29 is 62.6 Å². The molecule has 3 N–H and O–H groups in total. The van der Waals surface area contributed by atoms with Gasteiger partial charge in [0, 0.05) is 44.9 Å². The topological polar surface area (TPSA) is 188 Å². The second-order valence-electron chi connectivity index (χ2n) is 23.6. The SMILES string of the molecule is CCC1C=C(C)CC(C)CC(OC)C2OC(O)(C(=O)C(=O)N3CCCCC3C(=O)OC(C(C)=CC3CCC(O)C(Oc4ccc5cc(O[Si](C)(C)C(C)(C)C)ccc5c4)C3)C(C)C(O)CC1=O)C(C)CC2OC. The van der Waals surface area contributed by atoms with Crippen LogP contribution in [0, 0.1) is 29.6 Å². The van der Waals surface area contributed by atoms with Gasteiger partial charge in [0.25, 0.3) is 11.7 Å². The van der Waals surface area contributed by atoms with Crippen molar-refractivity contribution in [3.63, 3.8) is 0 Å². The number of carbonyl (C=O) groups excluding carboxylic acids is 4. The maximum absolute atomic E-state index is 14.6. The number of methoxy groups -OCH3 is 2. The third-order valence-corrected chi connectivity index (χ3v) is 21.2. The maximum Gasteiger partial charge on any atom is 0.329 e. The van der Waals surface area contributed by atoms with Crippen molar-refractivity contribution in [2.45, 2.75) is 206 Å². The molecule has 1 amide bonds. The van der Waals surface area contributed by atoms with Gasteiger partial charge in [-0.1, -0.05) is 78.3 Å². The van der Waals surface area contributed by atoms with Gasteiger partial charge in [0.15, 0.2) is 0 Å². The minimum absolute atomic E-state index is 0.0160. The molecule has 4 aliphatic rings. The molecule has 14 unspecified atom stereocenters. The molecular weight excluding hydrogens is 947 g/mol. The zero-order chi connectivity index (χ0) is 53.7. The number of hydrogen-bond donors (Lipinski definition) is 3. The molecule has 3 heterocycles. The summed E-state index contributed by atoms with van der Waals surface area (Å²) in [5, 5.41) is 37.5. The number of hydrogen-bond acceptors (Lipinski definition) is 13. The number of ketones is 2. The van der Waals surface area contributed by atoms with Gasteiger partial charge in [-0.25, -0.2) is 4.79 Å². The minimum atomic E-state index is -2.53. The van der Waals surface area contributed by atoms with Crippen LogP contribution in [0.4, 0.5) is 0 Å². The number of amides is 1. The number of aliphatic hydroxyl groups is 3. The van der Waals surface area contributed by atoms with Gasteiger partial charge in [0.05, 0.1) is 24.4 Å². The van der Waals surface area contributed by atoms with Crippen LogP contribution in [0.25, 0.3) is 10.8 Å². The van der Waals surface area contributed by atoms with Gasteiger partial charge in [-0.15, -0.1) is 0 Å². The van der Waals surface area contributed by atoms with E-state index in [1.54, 1.807) is 13.8 Å². The Kier molecular flexibility index (Phi) is 19.5. The predicted molar refractivity (Wildman–Crippen MR) is 283 cm³/mol. The Morgan fingerprint density at radius 2 is 1.51 bits per heavy atom. The highest BCUT2D eigenvalue weighted by Gasteiger charge is 2.57. The number of Topliss-reactive ketones (excluding diaryl/α,β-unsaturated/α-hetero) is 2. The van der Waals surface area contributed by atoms with Crippen LogP contribution < -0.4 is 9.16 Å². The molecule has 2 saturated heterocycles. The van der Waals surface area contributed by atoms with Crippen LogP contribution >= 0.6 is 0 Å². The normalized spacial score (nSPS) is 34.4. The molecule has 0 radical (unpaired) electrons. The molecule has 15 heteroatoms. The van der Waals surface area contributed by atoms with Gasteiger partial charge in [0.1, 0.15) is 41.6 Å². The van der Waals surface area contributed by atoms with Crippen LogP contribution in [0.2, 0.25) is 18.1 Å². The van der Waals surface area contributed by atoms with E-state index < -0.39 is 98.3 Å². The van der Waals surface area contributed by atoms with Crippen LogP contribution in [0.3, 0.4) is 0 Å². The molecule has 1 aliphatic carbocycles. The van der Waals surface area contributed by atoms with Crippen molar-refractivity contribution in [2.24, 2.45) is 29.6 Å². The number of nitrogens with zero attached hydrogens (tertiary/aromatic N) is 1. The van der Waals surface area contributed by atoms with Crippen molar-refractivity contribution in [3.8, 4) is 11.5 Å². The van der Waals surface area contributed by atoms with E-state index in [1.165, 1.54) is 19.1 Å². The Morgan fingerprint density at radius 1 is 0.863 bits per heavy atom. The highest BCUT2D eigenvalue weighted by atomic mass is 28.4. The monoisotopic (exact) mass is 1030 g/mol. The molecule has 73 heavy (non-hydrogen) atoms. The maximum atomic E-state index is 14.6. The van der Waals surface area contributed by atoms with Crippen molar-refractivity contribution >= 4 is 42.5 Å². The first-order valence-corrected chi connectivity index (χ1v) is 29.9. The largest absolute Gasteiger partial charge is 0.543 e. The number of aliphatic hydroxyl groups excluding tert-OH is 2. The number of allylic oxidation sites excluding steroid dienone is 3. The Labute approximate surface area is 435 Å². The summed E-state index contributed by atoms with van der Waals surface area (Å²) in [7, 11) is 1.03. The molecule has 2 aromatic rings. The Morgan fingerprint density at radius 3 is 2.15 bits per heavy atom. The lowest BCUT2D eigenvalue weighted by atomic mass is 9.81. The van der Waals surface area contributed by atoms with Crippen molar-refractivity contribution in [1.29, 1.82) is 0 Å². The van der Waals surface area contributed by atoms with E-state index in [4.69, 9.17) is 28.1 Å². The van der Waals surface area contributed by atoms with Gasteiger partial charge in [-0.2, -0.15) is 0 Å². The summed E-state index contributed by atoms with van der Waals surface area (Å²) < 4.78 is 37.6. The second-order valence-corrected chi connectivity index (χ2v) is 28.3. The van der Waals surface area contributed by atoms with Crippen LogP contribution in [0.15, 0.2) is 59.7 Å². The average Bonchev–Trinajstić information content (AvgIpc) is 3.34. The summed E-state index contributed by atoms with van der Waals surface area (Å²) in [4.78, 5) is 58.8. The Balaban J connectivity index is 1.29. The van der Waals surface area contributed by atoms with Crippen LogP contribution in [0.5, 0.6) is 11.5 Å². The summed E-state index contributed by atoms with van der Waals surface area (Å²) >= 11 is 0. The molecule has 14 nitrogen and oxygen atoms in total. The number of benzene rings is 2. The van der Waals surface area contributed by atoms with E-state index in [2.05, 4.69) is 46.9 Å². The predicted octanol–water partition coefficient (Wildman–Crippen LogP) is 9.44. The molecule has 6 rings (SSSR count). The molecule has 406 valence electrons. The first-order valence-electron chi connectivity index (χ1n) is 27.0. The number of ether oxygens (including phenoxy) is 5. The summed E-state index contributed by atoms with van der Waals surface area (Å²) in [5.74, 6) is -6.35. The summed E-state index contributed by atoms with van der Waals surface area (Å²) in [6.07, 6.45) is 2.87. The average molecular weight is 1030 g/mol. The highest BCUT2D eigenvalue weighted by molar-refractivity contribution is 6.74. The highest BCUT2D eigenvalue weighted by Crippen LogP contribution is 2.41. The number of fused-ring (bicyclic) bond motifs is 4. The van der Waals surface area contributed by atoms with Gasteiger partial charge in [-0.3, -0.25) is 14.4 Å². The lowest BCUT2D eigenvalue weighted by Crippen LogP contribution is -2.64. The second kappa shape index (κ2) is 24.4. The zero-order valence-corrected chi connectivity index (χ0v) is 47.0. The molecule has 2 bridgehead atoms. The van der Waals surface area contributed by atoms with Gasteiger partial charge in [-0.05, 0) is 149 Å². The number of cyclic esters (lactones) is 1. The Hall–Kier alpha value is -3.96. The van der Waals surface area contributed by atoms with Crippen LogP contribution in [-0.4, -0.2) is 127 Å². The van der Waals surface area contributed by atoms with E-state index >= 15 is 0 Å². The van der Waals surface area contributed by atoms with E-state index in [-0.39, 0.29) is 48.5 Å². The minimum Gasteiger partial charge on any atom is -0.543 e. The third kappa shape index (κ3) is 13.7. The van der Waals surface area contributed by atoms with Gasteiger partial charge >= 0.3 is 5.97 Å². The molecule has 3 fully saturated rings. The zero-order valence-electron chi connectivity index (χ0n) is 46.0. The number of carbonyl (C=O) groups is 4. The summed E-state index contributed by atoms with van der Waals surface area (Å²) in [6, 6.07) is 10.8. The smallest absolute Gasteiger partial charge is 0.329 e. The van der Waals surface area contributed by atoms with Crippen LogP contribution in [-0.2, 0) is 38.1 Å². The fraction of sp³-hybridized carbons (Fsp3) is 0.690. The van der Waals surface area contributed by atoms with Gasteiger partial charge < -0.3 is 48.3 Å².